The Morgan fingerprint density at radius 1 is 1.33 bits per heavy atom. The standard InChI is InChI=1S/C13H15N3O2/c1-15-3-2-10-8-14-9-11(12(10)15)13(17)16-4-6-18-7-5-16/h2-3,8-9H,4-7H2,1H3. The molecule has 3 heterocycles. The minimum absolute atomic E-state index is 0.0400. The molecule has 0 saturated carbocycles. The molecule has 0 N–H and O–H groups in total. The first kappa shape index (κ1) is 11.2. The number of rotatable bonds is 1. The van der Waals surface area contributed by atoms with Crippen molar-refractivity contribution in [3.8, 4) is 0 Å². The Morgan fingerprint density at radius 3 is 2.89 bits per heavy atom. The van der Waals surface area contributed by atoms with E-state index >= 15 is 0 Å². The maximum Gasteiger partial charge on any atom is 0.257 e. The monoisotopic (exact) mass is 245 g/mol. The Morgan fingerprint density at radius 2 is 2.11 bits per heavy atom. The number of pyridine rings is 1. The fourth-order valence-electron chi connectivity index (χ4n) is 2.35. The summed E-state index contributed by atoms with van der Waals surface area (Å²) in [7, 11) is 1.94. The van der Waals surface area contributed by atoms with Gasteiger partial charge in [0, 0.05) is 44.1 Å². The molecule has 0 aromatic carbocycles. The number of hydrogen-bond acceptors (Lipinski definition) is 3. The van der Waals surface area contributed by atoms with Crippen molar-refractivity contribution >= 4 is 16.8 Å². The summed E-state index contributed by atoms with van der Waals surface area (Å²) in [5, 5.41) is 0.997. The second kappa shape index (κ2) is 4.42. The molecule has 1 amide bonds. The van der Waals surface area contributed by atoms with Crippen LogP contribution in [0.4, 0.5) is 0 Å². The predicted molar refractivity (Wildman–Crippen MR) is 67.4 cm³/mol. The molecule has 1 aliphatic rings. The van der Waals surface area contributed by atoms with Crippen molar-refractivity contribution in [2.75, 3.05) is 26.3 Å². The Bertz CT molecular complexity index is 585. The Hall–Kier alpha value is -1.88. The summed E-state index contributed by atoms with van der Waals surface area (Å²) in [6.45, 7) is 2.53. The number of carbonyl (C=O) groups is 1. The third kappa shape index (κ3) is 1.76. The molecule has 2 aromatic heterocycles. The highest BCUT2D eigenvalue weighted by Crippen LogP contribution is 2.19. The van der Waals surface area contributed by atoms with Crippen molar-refractivity contribution in [2.45, 2.75) is 0 Å². The number of aryl methyl sites for hydroxylation is 1. The van der Waals surface area contributed by atoms with E-state index in [4.69, 9.17) is 4.74 Å². The lowest BCUT2D eigenvalue weighted by Crippen LogP contribution is -2.40. The molecule has 5 nitrogen and oxygen atoms in total. The van der Waals surface area contributed by atoms with Crippen LogP contribution in [0.5, 0.6) is 0 Å². The van der Waals surface area contributed by atoms with Crippen LogP contribution >= 0.6 is 0 Å². The number of ether oxygens (including phenoxy) is 1. The van der Waals surface area contributed by atoms with Gasteiger partial charge in [-0.2, -0.15) is 0 Å². The molecule has 0 spiro atoms. The van der Waals surface area contributed by atoms with E-state index in [0.717, 1.165) is 10.9 Å². The second-order valence-corrected chi connectivity index (χ2v) is 4.46. The Labute approximate surface area is 105 Å². The van der Waals surface area contributed by atoms with Crippen LogP contribution in [-0.4, -0.2) is 46.7 Å². The number of nitrogens with zero attached hydrogens (tertiary/aromatic N) is 3. The van der Waals surface area contributed by atoms with Crippen LogP contribution in [0.3, 0.4) is 0 Å². The number of carbonyl (C=O) groups excluding carboxylic acids is 1. The molecule has 1 aliphatic heterocycles. The molecule has 5 heteroatoms. The Kier molecular flexibility index (Phi) is 2.76. The topological polar surface area (TPSA) is 47.4 Å². The molecule has 0 atom stereocenters. The summed E-state index contributed by atoms with van der Waals surface area (Å²) >= 11 is 0. The minimum Gasteiger partial charge on any atom is -0.378 e. The van der Waals surface area contributed by atoms with Crippen molar-refractivity contribution < 1.29 is 9.53 Å². The van der Waals surface area contributed by atoms with Crippen LogP contribution in [0, 0.1) is 0 Å². The molecule has 0 unspecified atom stereocenters. The molecule has 3 rings (SSSR count). The largest absolute Gasteiger partial charge is 0.378 e. The molecule has 94 valence electrons. The van der Waals surface area contributed by atoms with E-state index in [9.17, 15) is 4.79 Å². The van der Waals surface area contributed by atoms with Crippen molar-refractivity contribution in [2.24, 2.45) is 7.05 Å². The highest BCUT2D eigenvalue weighted by Gasteiger charge is 2.21. The lowest BCUT2D eigenvalue weighted by Gasteiger charge is -2.27. The lowest BCUT2D eigenvalue weighted by molar-refractivity contribution is 0.0303. The van der Waals surface area contributed by atoms with E-state index in [1.165, 1.54) is 0 Å². The molecular weight excluding hydrogens is 230 g/mol. The first-order chi connectivity index (χ1) is 8.77. The van der Waals surface area contributed by atoms with Gasteiger partial charge < -0.3 is 14.2 Å². The fraction of sp³-hybridized carbons (Fsp3) is 0.385. The summed E-state index contributed by atoms with van der Waals surface area (Å²) in [6, 6.07) is 1.97. The molecular formula is C13H15N3O2. The number of hydrogen-bond donors (Lipinski definition) is 0. The van der Waals surface area contributed by atoms with Gasteiger partial charge in [0.2, 0.25) is 0 Å². The average molecular weight is 245 g/mol. The van der Waals surface area contributed by atoms with Crippen LogP contribution in [0.25, 0.3) is 10.9 Å². The van der Waals surface area contributed by atoms with Gasteiger partial charge in [0.15, 0.2) is 0 Å². The normalized spacial score (nSPS) is 16.2. The number of fused-ring (bicyclic) bond motifs is 1. The predicted octanol–water partition coefficient (Wildman–Crippen LogP) is 1.05. The zero-order valence-corrected chi connectivity index (χ0v) is 10.3. The van der Waals surface area contributed by atoms with Crippen LogP contribution in [0.2, 0.25) is 0 Å². The van der Waals surface area contributed by atoms with Crippen LogP contribution in [-0.2, 0) is 11.8 Å². The summed E-state index contributed by atoms with van der Waals surface area (Å²) in [5.41, 5.74) is 1.61. The van der Waals surface area contributed by atoms with Crippen LogP contribution < -0.4 is 0 Å². The molecule has 1 saturated heterocycles. The van der Waals surface area contributed by atoms with Gasteiger partial charge in [0.25, 0.3) is 5.91 Å². The number of morpholine rings is 1. The first-order valence-electron chi connectivity index (χ1n) is 6.03. The zero-order chi connectivity index (χ0) is 12.5. The van der Waals surface area contributed by atoms with Gasteiger partial charge >= 0.3 is 0 Å². The van der Waals surface area contributed by atoms with Crippen LogP contribution in [0.15, 0.2) is 24.7 Å². The quantitative estimate of drug-likeness (QED) is 0.754. The Balaban J connectivity index is 2.02. The molecule has 0 bridgehead atoms. The van der Waals surface area contributed by atoms with E-state index in [1.54, 1.807) is 12.4 Å². The van der Waals surface area contributed by atoms with Gasteiger partial charge in [0.1, 0.15) is 0 Å². The molecule has 2 aromatic rings. The van der Waals surface area contributed by atoms with Gasteiger partial charge in [-0.05, 0) is 6.07 Å². The van der Waals surface area contributed by atoms with Gasteiger partial charge in [-0.15, -0.1) is 0 Å². The van der Waals surface area contributed by atoms with Crippen LogP contribution in [0.1, 0.15) is 10.4 Å². The van der Waals surface area contributed by atoms with Gasteiger partial charge in [-0.3, -0.25) is 9.78 Å². The van der Waals surface area contributed by atoms with Gasteiger partial charge in [-0.25, -0.2) is 0 Å². The zero-order valence-electron chi connectivity index (χ0n) is 10.3. The average Bonchev–Trinajstić information content (AvgIpc) is 2.81. The SMILES string of the molecule is Cn1ccc2cncc(C(=O)N3CCOCC3)c21. The smallest absolute Gasteiger partial charge is 0.257 e. The molecule has 0 aliphatic carbocycles. The van der Waals surface area contributed by atoms with E-state index in [2.05, 4.69) is 4.98 Å². The maximum atomic E-state index is 12.5. The number of aromatic nitrogens is 2. The highest BCUT2D eigenvalue weighted by molar-refractivity contribution is 6.05. The molecule has 18 heavy (non-hydrogen) atoms. The van der Waals surface area contributed by atoms with Crippen molar-refractivity contribution in [1.82, 2.24) is 14.5 Å². The van der Waals surface area contributed by atoms with E-state index in [-0.39, 0.29) is 5.91 Å². The third-order valence-corrected chi connectivity index (χ3v) is 3.30. The first-order valence-corrected chi connectivity index (χ1v) is 6.03. The van der Waals surface area contributed by atoms with E-state index < -0.39 is 0 Å². The fourth-order valence-corrected chi connectivity index (χ4v) is 2.35. The summed E-state index contributed by atoms with van der Waals surface area (Å²) in [4.78, 5) is 18.5. The second-order valence-electron chi connectivity index (χ2n) is 4.46. The highest BCUT2D eigenvalue weighted by atomic mass is 16.5. The van der Waals surface area contributed by atoms with E-state index in [1.807, 2.05) is 28.8 Å². The van der Waals surface area contributed by atoms with Crippen molar-refractivity contribution in [1.29, 1.82) is 0 Å². The van der Waals surface area contributed by atoms with Crippen molar-refractivity contribution in [3.05, 3.63) is 30.2 Å². The third-order valence-electron chi connectivity index (χ3n) is 3.30. The summed E-state index contributed by atoms with van der Waals surface area (Å²) in [5.74, 6) is 0.0400. The van der Waals surface area contributed by atoms with Gasteiger partial charge in [-0.1, -0.05) is 0 Å². The van der Waals surface area contributed by atoms with Crippen molar-refractivity contribution in [3.63, 3.8) is 0 Å². The summed E-state index contributed by atoms with van der Waals surface area (Å²) < 4.78 is 7.23. The minimum atomic E-state index is 0.0400. The van der Waals surface area contributed by atoms with E-state index in [0.29, 0.717) is 31.9 Å². The maximum absolute atomic E-state index is 12.5. The van der Waals surface area contributed by atoms with Gasteiger partial charge in [0.05, 0.1) is 24.3 Å². The number of amides is 1. The lowest BCUT2D eigenvalue weighted by atomic mass is 10.2. The summed E-state index contributed by atoms with van der Waals surface area (Å²) in [6.07, 6.45) is 5.38. The molecule has 1 fully saturated rings. The molecule has 0 radical (unpaired) electrons.